The SMILES string of the molecule is OC(c1cc(Br)c(Cl)s1)c1cccc(Br)c1F. The van der Waals surface area contributed by atoms with Gasteiger partial charge in [-0.1, -0.05) is 23.7 Å². The molecule has 0 aliphatic rings. The Morgan fingerprint density at radius 3 is 2.59 bits per heavy atom. The Kier molecular flexibility index (Phi) is 4.26. The molecular weight excluding hydrogens is 394 g/mol. The lowest BCUT2D eigenvalue weighted by atomic mass is 10.1. The number of benzene rings is 1. The van der Waals surface area contributed by atoms with Gasteiger partial charge >= 0.3 is 0 Å². The first kappa shape index (κ1) is 13.5. The van der Waals surface area contributed by atoms with Crippen molar-refractivity contribution in [1.82, 2.24) is 0 Å². The fraction of sp³-hybridized carbons (Fsp3) is 0.0909. The molecule has 0 radical (unpaired) electrons. The maximum Gasteiger partial charge on any atom is 0.143 e. The predicted octanol–water partition coefficient (Wildman–Crippen LogP) is 5.15. The zero-order valence-electron chi connectivity index (χ0n) is 8.25. The second kappa shape index (κ2) is 5.36. The summed E-state index contributed by atoms with van der Waals surface area (Å²) >= 11 is 13.5. The summed E-state index contributed by atoms with van der Waals surface area (Å²) in [5.41, 5.74) is 0.227. The van der Waals surface area contributed by atoms with Gasteiger partial charge in [0.05, 0.1) is 4.47 Å². The largest absolute Gasteiger partial charge is 0.383 e. The van der Waals surface area contributed by atoms with Gasteiger partial charge in [-0.25, -0.2) is 4.39 Å². The molecule has 0 saturated heterocycles. The van der Waals surface area contributed by atoms with Gasteiger partial charge in [0.25, 0.3) is 0 Å². The normalized spacial score (nSPS) is 12.8. The standard InChI is InChI=1S/C11H6Br2ClFOS/c12-6-3-1-2-5(9(6)15)10(16)8-4-7(13)11(14)17-8/h1-4,10,16H. The van der Waals surface area contributed by atoms with Crippen molar-refractivity contribution in [3.8, 4) is 0 Å². The van der Waals surface area contributed by atoms with Crippen molar-refractivity contribution >= 4 is 54.8 Å². The quantitative estimate of drug-likeness (QED) is 0.739. The van der Waals surface area contributed by atoms with E-state index in [0.717, 1.165) is 0 Å². The molecule has 1 atom stereocenters. The van der Waals surface area contributed by atoms with E-state index in [9.17, 15) is 9.50 Å². The molecular formula is C11H6Br2ClFOS. The van der Waals surface area contributed by atoms with Crippen LogP contribution in [0.2, 0.25) is 4.34 Å². The Morgan fingerprint density at radius 1 is 1.29 bits per heavy atom. The van der Waals surface area contributed by atoms with Crippen molar-refractivity contribution in [3.05, 3.63) is 53.8 Å². The molecule has 17 heavy (non-hydrogen) atoms. The number of halogens is 4. The van der Waals surface area contributed by atoms with E-state index < -0.39 is 11.9 Å². The molecule has 1 unspecified atom stereocenters. The third-order valence-electron chi connectivity index (χ3n) is 2.21. The Hall–Kier alpha value is 0.0600. The first-order chi connectivity index (χ1) is 8.00. The van der Waals surface area contributed by atoms with Gasteiger partial charge in [0.2, 0.25) is 0 Å². The molecule has 1 aromatic heterocycles. The highest BCUT2D eigenvalue weighted by Gasteiger charge is 2.19. The van der Waals surface area contributed by atoms with E-state index in [2.05, 4.69) is 31.9 Å². The maximum absolute atomic E-state index is 13.8. The maximum atomic E-state index is 13.8. The van der Waals surface area contributed by atoms with Crippen LogP contribution in [0.1, 0.15) is 16.5 Å². The van der Waals surface area contributed by atoms with Gasteiger partial charge < -0.3 is 5.11 Å². The Bertz CT molecular complexity index is 539. The van der Waals surface area contributed by atoms with Crippen LogP contribution in [0.4, 0.5) is 4.39 Å². The summed E-state index contributed by atoms with van der Waals surface area (Å²) in [6, 6.07) is 6.50. The number of hydrogen-bond acceptors (Lipinski definition) is 2. The molecule has 1 aromatic carbocycles. The molecule has 0 bridgehead atoms. The highest BCUT2D eigenvalue weighted by molar-refractivity contribution is 9.10. The number of aliphatic hydroxyl groups is 1. The summed E-state index contributed by atoms with van der Waals surface area (Å²) in [5, 5.41) is 10.1. The van der Waals surface area contributed by atoms with Crippen molar-refractivity contribution < 1.29 is 9.50 Å². The van der Waals surface area contributed by atoms with E-state index in [0.29, 0.717) is 18.2 Å². The van der Waals surface area contributed by atoms with E-state index in [-0.39, 0.29) is 5.56 Å². The van der Waals surface area contributed by atoms with Crippen LogP contribution in [0, 0.1) is 5.82 Å². The highest BCUT2D eigenvalue weighted by atomic mass is 79.9. The minimum atomic E-state index is -1.01. The summed E-state index contributed by atoms with van der Waals surface area (Å²) < 4.78 is 15.4. The predicted molar refractivity (Wildman–Crippen MR) is 75.2 cm³/mol. The van der Waals surface area contributed by atoms with Crippen LogP contribution in [0.15, 0.2) is 33.2 Å². The number of hydrogen-bond donors (Lipinski definition) is 1. The third kappa shape index (κ3) is 2.74. The lowest BCUT2D eigenvalue weighted by molar-refractivity contribution is 0.218. The molecule has 0 amide bonds. The zero-order valence-corrected chi connectivity index (χ0v) is 13.0. The van der Waals surface area contributed by atoms with E-state index in [1.165, 1.54) is 11.3 Å². The minimum Gasteiger partial charge on any atom is -0.383 e. The van der Waals surface area contributed by atoms with Crippen LogP contribution < -0.4 is 0 Å². The van der Waals surface area contributed by atoms with E-state index in [1.54, 1.807) is 24.3 Å². The molecule has 2 aromatic rings. The van der Waals surface area contributed by atoms with Crippen LogP contribution >= 0.6 is 54.8 Å². The van der Waals surface area contributed by atoms with Gasteiger partial charge in [0.15, 0.2) is 0 Å². The molecule has 0 aliphatic carbocycles. The van der Waals surface area contributed by atoms with Crippen molar-refractivity contribution in [2.75, 3.05) is 0 Å². The fourth-order valence-electron chi connectivity index (χ4n) is 1.38. The summed E-state index contributed by atoms with van der Waals surface area (Å²) in [4.78, 5) is 0.596. The van der Waals surface area contributed by atoms with Crippen molar-refractivity contribution in [2.24, 2.45) is 0 Å². The van der Waals surface area contributed by atoms with Gasteiger partial charge in [-0.15, -0.1) is 11.3 Å². The molecule has 0 aliphatic heterocycles. The molecule has 1 nitrogen and oxygen atoms in total. The smallest absolute Gasteiger partial charge is 0.143 e. The first-order valence-electron chi connectivity index (χ1n) is 4.57. The molecule has 2 rings (SSSR count). The summed E-state index contributed by atoms with van der Waals surface area (Å²) in [7, 11) is 0. The summed E-state index contributed by atoms with van der Waals surface area (Å²) in [6.45, 7) is 0. The molecule has 0 spiro atoms. The van der Waals surface area contributed by atoms with Crippen LogP contribution in [0.25, 0.3) is 0 Å². The van der Waals surface area contributed by atoms with Crippen LogP contribution in [0.3, 0.4) is 0 Å². The average molecular weight is 400 g/mol. The van der Waals surface area contributed by atoms with Gasteiger partial charge in [0.1, 0.15) is 16.3 Å². The van der Waals surface area contributed by atoms with Crippen molar-refractivity contribution in [1.29, 1.82) is 0 Å². The van der Waals surface area contributed by atoms with E-state index in [1.807, 2.05) is 0 Å². The lowest BCUT2D eigenvalue weighted by Gasteiger charge is -2.10. The Balaban J connectivity index is 2.43. The molecule has 90 valence electrons. The molecule has 0 saturated carbocycles. The molecule has 1 N–H and O–H groups in total. The molecule has 6 heteroatoms. The van der Waals surface area contributed by atoms with Crippen LogP contribution in [-0.4, -0.2) is 5.11 Å². The monoisotopic (exact) mass is 398 g/mol. The number of aliphatic hydroxyl groups excluding tert-OH is 1. The third-order valence-corrected chi connectivity index (χ3v) is 5.35. The zero-order chi connectivity index (χ0) is 12.6. The van der Waals surface area contributed by atoms with Gasteiger partial charge in [-0.3, -0.25) is 0 Å². The van der Waals surface area contributed by atoms with Gasteiger partial charge in [0, 0.05) is 14.9 Å². The lowest BCUT2D eigenvalue weighted by Crippen LogP contribution is -2.00. The summed E-state index contributed by atoms with van der Waals surface area (Å²) in [6.07, 6.45) is -1.01. The van der Waals surface area contributed by atoms with Crippen molar-refractivity contribution in [3.63, 3.8) is 0 Å². The average Bonchev–Trinajstić information content (AvgIpc) is 2.62. The fourth-order valence-corrected chi connectivity index (χ4v) is 3.51. The second-order valence-electron chi connectivity index (χ2n) is 3.32. The molecule has 0 fully saturated rings. The number of rotatable bonds is 2. The van der Waals surface area contributed by atoms with Gasteiger partial charge in [-0.2, -0.15) is 0 Å². The topological polar surface area (TPSA) is 20.2 Å². The second-order valence-corrected chi connectivity index (χ2v) is 6.71. The van der Waals surface area contributed by atoms with Crippen molar-refractivity contribution in [2.45, 2.75) is 6.10 Å². The summed E-state index contributed by atoms with van der Waals surface area (Å²) in [5.74, 6) is -0.458. The number of thiophene rings is 1. The first-order valence-corrected chi connectivity index (χ1v) is 7.35. The van der Waals surface area contributed by atoms with E-state index >= 15 is 0 Å². The minimum absolute atomic E-state index is 0.227. The Labute approximate surface area is 123 Å². The van der Waals surface area contributed by atoms with E-state index in [4.69, 9.17) is 11.6 Å². The van der Waals surface area contributed by atoms with Gasteiger partial charge in [-0.05, 0) is 44.0 Å². The van der Waals surface area contributed by atoms with Crippen LogP contribution in [0.5, 0.6) is 0 Å². The highest BCUT2D eigenvalue weighted by Crippen LogP contribution is 2.38. The molecule has 1 heterocycles. The Morgan fingerprint density at radius 2 is 2.00 bits per heavy atom. The van der Waals surface area contributed by atoms with Crippen LogP contribution in [-0.2, 0) is 0 Å².